The Morgan fingerprint density at radius 3 is 2.80 bits per heavy atom. The van der Waals surface area contributed by atoms with E-state index in [9.17, 15) is 9.18 Å². The standard InChI is InChI=1S/C19H26FN3O2/c20-19(6-2-7-19)17(24)23-9-3-5-18(14-23)13-22(10-11-25-15-18)16-4-1-8-21-12-16/h1,4,8,12H,2-3,5-7,9-11,13-15H2. The number of halogens is 1. The van der Waals surface area contributed by atoms with Crippen LogP contribution in [0.4, 0.5) is 10.1 Å². The van der Waals surface area contributed by atoms with Gasteiger partial charge in [-0.05, 0) is 44.2 Å². The van der Waals surface area contributed by atoms with Gasteiger partial charge in [0.05, 0.1) is 25.1 Å². The van der Waals surface area contributed by atoms with Crippen LogP contribution in [0.2, 0.25) is 0 Å². The Morgan fingerprint density at radius 2 is 2.08 bits per heavy atom. The summed E-state index contributed by atoms with van der Waals surface area (Å²) in [6.07, 6.45) is 7.14. The predicted octanol–water partition coefficient (Wildman–Crippen LogP) is 2.42. The van der Waals surface area contributed by atoms with Crippen LogP contribution < -0.4 is 4.90 Å². The lowest BCUT2D eigenvalue weighted by Gasteiger charge is -2.46. The van der Waals surface area contributed by atoms with Crippen LogP contribution in [-0.4, -0.2) is 60.9 Å². The van der Waals surface area contributed by atoms with Gasteiger partial charge in [-0.2, -0.15) is 0 Å². The highest BCUT2D eigenvalue weighted by atomic mass is 19.1. The molecule has 1 amide bonds. The van der Waals surface area contributed by atoms with E-state index in [1.165, 1.54) is 0 Å². The first-order chi connectivity index (χ1) is 12.1. The van der Waals surface area contributed by atoms with Crippen LogP contribution in [-0.2, 0) is 9.53 Å². The fraction of sp³-hybridized carbons (Fsp3) is 0.684. The van der Waals surface area contributed by atoms with Crippen molar-refractivity contribution in [1.82, 2.24) is 9.88 Å². The lowest BCUT2D eigenvalue weighted by molar-refractivity contribution is -0.154. The number of hydrogen-bond acceptors (Lipinski definition) is 4. The molecule has 3 heterocycles. The molecule has 0 aromatic carbocycles. The van der Waals surface area contributed by atoms with Gasteiger partial charge in [0.15, 0.2) is 5.67 Å². The van der Waals surface area contributed by atoms with Crippen LogP contribution in [0.25, 0.3) is 0 Å². The van der Waals surface area contributed by atoms with Gasteiger partial charge in [0.25, 0.3) is 5.91 Å². The third kappa shape index (κ3) is 3.24. The Morgan fingerprint density at radius 1 is 1.20 bits per heavy atom. The molecule has 1 aromatic heterocycles. The summed E-state index contributed by atoms with van der Waals surface area (Å²) in [4.78, 5) is 20.9. The summed E-state index contributed by atoms with van der Waals surface area (Å²) in [5.41, 5.74) is -0.648. The maximum absolute atomic E-state index is 14.6. The SMILES string of the molecule is O=C(N1CCCC2(COCCN(c3cccnc3)C2)C1)C1(F)CCC1. The topological polar surface area (TPSA) is 45.7 Å². The molecule has 0 N–H and O–H groups in total. The Labute approximate surface area is 148 Å². The molecule has 1 atom stereocenters. The van der Waals surface area contributed by atoms with Crippen LogP contribution in [0.15, 0.2) is 24.5 Å². The molecule has 0 radical (unpaired) electrons. The summed E-state index contributed by atoms with van der Waals surface area (Å²) in [5.74, 6) is -0.296. The van der Waals surface area contributed by atoms with E-state index in [-0.39, 0.29) is 11.3 Å². The normalized spacial score (nSPS) is 29.2. The van der Waals surface area contributed by atoms with Crippen molar-refractivity contribution in [1.29, 1.82) is 0 Å². The summed E-state index contributed by atoms with van der Waals surface area (Å²) >= 11 is 0. The molecule has 2 saturated heterocycles. The van der Waals surface area contributed by atoms with E-state index in [4.69, 9.17) is 4.74 Å². The van der Waals surface area contributed by atoms with Crippen molar-refractivity contribution < 1.29 is 13.9 Å². The molecule has 1 aliphatic carbocycles. The molecule has 1 saturated carbocycles. The number of rotatable bonds is 2. The molecular weight excluding hydrogens is 321 g/mol. The van der Waals surface area contributed by atoms with Crippen molar-refractivity contribution in [2.45, 2.75) is 37.8 Å². The third-order valence-electron chi connectivity index (χ3n) is 5.93. The molecule has 2 aliphatic heterocycles. The number of anilines is 1. The number of aromatic nitrogens is 1. The minimum atomic E-state index is -1.60. The van der Waals surface area contributed by atoms with E-state index in [1.54, 1.807) is 11.1 Å². The van der Waals surface area contributed by atoms with Gasteiger partial charge in [-0.25, -0.2) is 4.39 Å². The maximum Gasteiger partial charge on any atom is 0.260 e. The van der Waals surface area contributed by atoms with Gasteiger partial charge >= 0.3 is 0 Å². The molecule has 1 spiro atoms. The van der Waals surface area contributed by atoms with Crippen LogP contribution in [0.3, 0.4) is 0 Å². The van der Waals surface area contributed by atoms with Crippen molar-refractivity contribution in [3.05, 3.63) is 24.5 Å². The minimum absolute atomic E-state index is 0.125. The summed E-state index contributed by atoms with van der Waals surface area (Å²) in [5, 5.41) is 0. The van der Waals surface area contributed by atoms with E-state index in [0.717, 1.165) is 38.0 Å². The highest BCUT2D eigenvalue weighted by molar-refractivity contribution is 5.86. The number of likely N-dealkylation sites (tertiary alicyclic amines) is 1. The lowest BCUT2D eigenvalue weighted by atomic mass is 9.77. The average Bonchev–Trinajstić information content (AvgIpc) is 2.82. The molecule has 5 nitrogen and oxygen atoms in total. The number of pyridine rings is 1. The fourth-order valence-corrected chi connectivity index (χ4v) is 4.37. The second-order valence-electron chi connectivity index (χ2n) is 7.83. The number of amides is 1. The molecular formula is C19H26FN3O2. The summed E-state index contributed by atoms with van der Waals surface area (Å²) in [7, 11) is 0. The molecule has 136 valence electrons. The summed E-state index contributed by atoms with van der Waals surface area (Å²) in [6, 6.07) is 4.00. The zero-order valence-corrected chi connectivity index (χ0v) is 14.6. The van der Waals surface area contributed by atoms with Crippen molar-refractivity contribution in [3.8, 4) is 0 Å². The first-order valence-electron chi connectivity index (χ1n) is 9.31. The zero-order valence-electron chi connectivity index (χ0n) is 14.6. The van der Waals surface area contributed by atoms with Gasteiger partial charge in [-0.15, -0.1) is 0 Å². The van der Waals surface area contributed by atoms with Crippen LogP contribution in [0.1, 0.15) is 32.1 Å². The molecule has 1 unspecified atom stereocenters. The van der Waals surface area contributed by atoms with Gasteiger partial charge in [0.2, 0.25) is 0 Å². The van der Waals surface area contributed by atoms with Crippen LogP contribution in [0, 0.1) is 5.41 Å². The smallest absolute Gasteiger partial charge is 0.260 e. The molecule has 4 rings (SSSR count). The number of nitrogens with zero attached hydrogens (tertiary/aromatic N) is 3. The van der Waals surface area contributed by atoms with E-state index in [1.807, 2.05) is 12.3 Å². The van der Waals surface area contributed by atoms with Crippen molar-refractivity contribution in [2.24, 2.45) is 5.41 Å². The van der Waals surface area contributed by atoms with Gasteiger partial charge in [-0.3, -0.25) is 9.78 Å². The Hall–Kier alpha value is -1.69. The molecule has 6 heteroatoms. The Bertz CT molecular complexity index is 622. The molecule has 0 bridgehead atoms. The summed E-state index contributed by atoms with van der Waals surface area (Å²) < 4.78 is 20.5. The number of alkyl halides is 1. The number of ether oxygens (including phenoxy) is 1. The fourth-order valence-electron chi connectivity index (χ4n) is 4.37. The molecule has 3 aliphatic rings. The van der Waals surface area contributed by atoms with Gasteiger partial charge in [-0.1, -0.05) is 0 Å². The Kier molecular flexibility index (Phi) is 4.40. The second kappa shape index (κ2) is 6.56. The van der Waals surface area contributed by atoms with Gasteiger partial charge in [0, 0.05) is 37.8 Å². The monoisotopic (exact) mass is 347 g/mol. The summed E-state index contributed by atoms with van der Waals surface area (Å²) in [6.45, 7) is 4.19. The van der Waals surface area contributed by atoms with Gasteiger partial charge in [0.1, 0.15) is 0 Å². The quantitative estimate of drug-likeness (QED) is 0.824. The number of carbonyl (C=O) groups excluding carboxylic acids is 1. The first-order valence-corrected chi connectivity index (χ1v) is 9.31. The maximum atomic E-state index is 14.6. The average molecular weight is 347 g/mol. The van der Waals surface area contributed by atoms with E-state index in [0.29, 0.717) is 39.1 Å². The van der Waals surface area contributed by atoms with Crippen molar-refractivity contribution >= 4 is 11.6 Å². The minimum Gasteiger partial charge on any atom is -0.379 e. The Balaban J connectivity index is 1.51. The highest BCUT2D eigenvalue weighted by Crippen LogP contribution is 2.40. The van der Waals surface area contributed by atoms with E-state index in [2.05, 4.69) is 16.0 Å². The highest BCUT2D eigenvalue weighted by Gasteiger charge is 2.49. The van der Waals surface area contributed by atoms with Gasteiger partial charge < -0.3 is 14.5 Å². The third-order valence-corrected chi connectivity index (χ3v) is 5.93. The molecule has 3 fully saturated rings. The van der Waals surface area contributed by atoms with E-state index >= 15 is 0 Å². The van der Waals surface area contributed by atoms with Crippen LogP contribution in [0.5, 0.6) is 0 Å². The van der Waals surface area contributed by atoms with E-state index < -0.39 is 5.67 Å². The first kappa shape index (κ1) is 16.8. The predicted molar refractivity (Wildman–Crippen MR) is 93.2 cm³/mol. The van der Waals surface area contributed by atoms with Crippen molar-refractivity contribution in [2.75, 3.05) is 44.3 Å². The number of hydrogen-bond donors (Lipinski definition) is 0. The molecule has 1 aromatic rings. The lowest BCUT2D eigenvalue weighted by Crippen LogP contribution is -2.57. The number of carbonyl (C=O) groups is 1. The zero-order chi connectivity index (χ0) is 17.3. The second-order valence-corrected chi connectivity index (χ2v) is 7.83. The number of piperidine rings is 1. The van der Waals surface area contributed by atoms with Crippen LogP contribution >= 0.6 is 0 Å². The van der Waals surface area contributed by atoms with Crippen molar-refractivity contribution in [3.63, 3.8) is 0 Å². The molecule has 25 heavy (non-hydrogen) atoms. The largest absolute Gasteiger partial charge is 0.379 e.